The summed E-state index contributed by atoms with van der Waals surface area (Å²) in [6.07, 6.45) is 8.45. The molecule has 6 heteroatoms. The van der Waals surface area contributed by atoms with Crippen LogP contribution in [0.1, 0.15) is 22.8 Å². The summed E-state index contributed by atoms with van der Waals surface area (Å²) < 4.78 is 11.7. The maximum Gasteiger partial charge on any atom is 0.126 e. The van der Waals surface area contributed by atoms with Gasteiger partial charge in [-0.25, -0.2) is 9.97 Å². The van der Waals surface area contributed by atoms with Crippen molar-refractivity contribution in [3.8, 4) is 56.0 Å². The Hall–Kier alpha value is -7.44. The smallest absolute Gasteiger partial charge is 0.126 e. The number of nitrogens with zero attached hydrogens (tertiary/aromatic N) is 2. The van der Waals surface area contributed by atoms with Crippen LogP contribution in [0.4, 0.5) is 0 Å². The molecule has 3 aromatic heterocycles. The molecule has 0 unspecified atom stereocenters. The van der Waals surface area contributed by atoms with Gasteiger partial charge in [0.2, 0.25) is 0 Å². The third kappa shape index (κ3) is 5.76. The Morgan fingerprint density at radius 2 is 1.05 bits per heavy atom. The molecular weight excluding hydrogens is 689 g/mol. The van der Waals surface area contributed by atoms with Gasteiger partial charge in [0.05, 0.1) is 37.0 Å². The molecule has 56 heavy (non-hydrogen) atoms. The molecule has 268 valence electrons. The van der Waals surface area contributed by atoms with Crippen LogP contribution >= 0.6 is 0 Å². The molecule has 5 aromatic carbocycles. The molecule has 2 aliphatic rings. The van der Waals surface area contributed by atoms with Crippen molar-refractivity contribution < 1.29 is 9.47 Å². The molecule has 2 N–H and O–H groups in total. The van der Waals surface area contributed by atoms with Gasteiger partial charge in [0.1, 0.15) is 11.5 Å². The van der Waals surface area contributed by atoms with Gasteiger partial charge >= 0.3 is 0 Å². The highest BCUT2D eigenvalue weighted by Crippen LogP contribution is 2.44. The molecular formula is C50H36N4O2. The zero-order valence-electron chi connectivity index (χ0n) is 30.9. The topological polar surface area (TPSA) is 75.8 Å². The minimum atomic E-state index is 0.756. The normalized spacial score (nSPS) is 12.0. The van der Waals surface area contributed by atoms with E-state index in [2.05, 4.69) is 150 Å². The van der Waals surface area contributed by atoms with Crippen LogP contribution in [0.2, 0.25) is 0 Å². The second-order valence-electron chi connectivity index (χ2n) is 13.9. The van der Waals surface area contributed by atoms with Gasteiger partial charge in [-0.15, -0.1) is 0 Å². The maximum absolute atomic E-state index is 5.95. The van der Waals surface area contributed by atoms with Gasteiger partial charge in [-0.05, 0) is 106 Å². The van der Waals surface area contributed by atoms with Crippen LogP contribution < -0.4 is 9.47 Å². The van der Waals surface area contributed by atoms with Crippen LogP contribution in [-0.2, 0) is 0 Å². The first-order valence-electron chi connectivity index (χ1n) is 18.6. The minimum absolute atomic E-state index is 0.756. The number of fused-ring (bicyclic) bond motifs is 9. The Morgan fingerprint density at radius 3 is 1.75 bits per heavy atom. The van der Waals surface area contributed by atoms with E-state index in [1.54, 1.807) is 14.2 Å². The molecule has 0 saturated carbocycles. The molecule has 0 amide bonds. The number of rotatable bonds is 6. The Bertz CT molecular complexity index is 3000. The highest BCUT2D eigenvalue weighted by molar-refractivity contribution is 6.11. The van der Waals surface area contributed by atoms with E-state index < -0.39 is 0 Å². The number of aromatic amines is 2. The summed E-state index contributed by atoms with van der Waals surface area (Å²) in [5.41, 5.74) is 15.5. The Labute approximate surface area is 324 Å². The van der Waals surface area contributed by atoms with Crippen molar-refractivity contribution in [2.45, 2.75) is 0 Å². The number of ether oxygens (including phenoxy) is 2. The number of hydrogen-bond donors (Lipinski definition) is 2. The summed E-state index contributed by atoms with van der Waals surface area (Å²) in [6.45, 7) is 0. The number of aromatic nitrogens is 4. The fourth-order valence-electron chi connectivity index (χ4n) is 8.04. The molecule has 6 nitrogen and oxygen atoms in total. The van der Waals surface area contributed by atoms with Gasteiger partial charge in [0.15, 0.2) is 0 Å². The van der Waals surface area contributed by atoms with E-state index in [1.807, 2.05) is 30.3 Å². The van der Waals surface area contributed by atoms with Crippen molar-refractivity contribution in [1.29, 1.82) is 0 Å². The second kappa shape index (κ2) is 13.8. The second-order valence-corrected chi connectivity index (χ2v) is 13.9. The van der Waals surface area contributed by atoms with E-state index >= 15 is 0 Å². The van der Waals surface area contributed by atoms with E-state index in [0.29, 0.717) is 0 Å². The average molecular weight is 725 g/mol. The lowest BCUT2D eigenvalue weighted by atomic mass is 9.90. The zero-order chi connectivity index (χ0) is 37.6. The van der Waals surface area contributed by atoms with Gasteiger partial charge in [0, 0.05) is 44.3 Å². The molecule has 5 heterocycles. The summed E-state index contributed by atoms with van der Waals surface area (Å²) in [4.78, 5) is 18.2. The molecule has 8 aromatic rings. The fourth-order valence-corrected chi connectivity index (χ4v) is 8.04. The van der Waals surface area contributed by atoms with E-state index in [9.17, 15) is 0 Å². The lowest BCUT2D eigenvalue weighted by Crippen LogP contribution is -1.93. The Kier molecular flexibility index (Phi) is 8.15. The summed E-state index contributed by atoms with van der Waals surface area (Å²) in [5, 5.41) is 2.18. The first-order chi connectivity index (χ1) is 27.6. The van der Waals surface area contributed by atoms with Crippen molar-refractivity contribution in [2.75, 3.05) is 14.2 Å². The standard InChI is InChI=1S/C50H36N4O2/c1-55-36-21-28-46(56-2)39(30-36)37-17-9-15-31-16-10-18-38(47(31)37)50-44-26-24-42(53-44)48(32-11-5-3-6-12-32)40-22-19-34(51-40)29-35-20-23-41(52-35)49(33-13-7-4-8-14-33)43-25-27-45(50)54-43/h3-30,51,54H,1-2H3. The van der Waals surface area contributed by atoms with E-state index in [-0.39, 0.29) is 0 Å². The number of hydrogen-bond acceptors (Lipinski definition) is 4. The predicted octanol–water partition coefficient (Wildman–Crippen LogP) is 12.5. The average Bonchev–Trinajstić information content (AvgIpc) is 4.09. The third-order valence-electron chi connectivity index (χ3n) is 10.6. The summed E-state index contributed by atoms with van der Waals surface area (Å²) in [7, 11) is 3.40. The lowest BCUT2D eigenvalue weighted by molar-refractivity contribution is 0.404. The first-order valence-corrected chi connectivity index (χ1v) is 18.6. The zero-order valence-corrected chi connectivity index (χ0v) is 30.9. The van der Waals surface area contributed by atoms with Gasteiger partial charge in [-0.2, -0.15) is 0 Å². The van der Waals surface area contributed by atoms with Crippen LogP contribution in [0, 0.1) is 0 Å². The molecule has 0 saturated heterocycles. The van der Waals surface area contributed by atoms with E-state index in [1.165, 1.54) is 0 Å². The molecule has 0 fully saturated rings. The number of methoxy groups -OCH3 is 2. The first kappa shape index (κ1) is 33.2. The minimum Gasteiger partial charge on any atom is -0.497 e. The quantitative estimate of drug-likeness (QED) is 0.179. The predicted molar refractivity (Wildman–Crippen MR) is 231 cm³/mol. The van der Waals surface area contributed by atoms with Crippen molar-refractivity contribution in [1.82, 2.24) is 19.9 Å². The van der Waals surface area contributed by atoms with Crippen LogP contribution in [0.5, 0.6) is 11.5 Å². The monoisotopic (exact) mass is 724 g/mol. The largest absolute Gasteiger partial charge is 0.497 e. The lowest BCUT2D eigenvalue weighted by Gasteiger charge is -2.16. The molecule has 0 radical (unpaired) electrons. The van der Waals surface area contributed by atoms with Gasteiger partial charge in [-0.3, -0.25) is 0 Å². The summed E-state index contributed by atoms with van der Waals surface area (Å²) in [5.74, 6) is 1.52. The summed E-state index contributed by atoms with van der Waals surface area (Å²) in [6, 6.07) is 50.4. The van der Waals surface area contributed by atoms with Gasteiger partial charge < -0.3 is 19.4 Å². The highest BCUT2D eigenvalue weighted by atomic mass is 16.5. The Morgan fingerprint density at radius 1 is 0.446 bits per heavy atom. The van der Waals surface area contributed by atoms with Crippen molar-refractivity contribution in [3.63, 3.8) is 0 Å². The number of nitrogens with one attached hydrogen (secondary N) is 2. The molecule has 0 spiro atoms. The van der Waals surface area contributed by atoms with Crippen molar-refractivity contribution >= 4 is 57.1 Å². The van der Waals surface area contributed by atoms with Crippen molar-refractivity contribution in [3.05, 3.63) is 168 Å². The van der Waals surface area contributed by atoms with E-state index in [4.69, 9.17) is 19.4 Å². The van der Waals surface area contributed by atoms with Crippen LogP contribution in [0.15, 0.2) is 146 Å². The van der Waals surface area contributed by atoms with E-state index in [0.717, 1.165) is 112 Å². The molecule has 10 rings (SSSR count). The molecule has 8 bridgehead atoms. The third-order valence-corrected chi connectivity index (χ3v) is 10.6. The fraction of sp³-hybridized carbons (Fsp3) is 0.0400. The molecule has 0 aliphatic carbocycles. The Balaban J connectivity index is 1.38. The SMILES string of the molecule is COc1ccc(OC)c(-c2cccc3cccc(-c4c5nc(c(-c6ccccc6)c6ccc(cc7nc(c(-c8ccccc8)c8ccc4[nH]8)C=C7)[nH]6)C=C5)c23)c1. The summed E-state index contributed by atoms with van der Waals surface area (Å²) >= 11 is 0. The molecule has 2 aliphatic heterocycles. The van der Waals surface area contributed by atoms with Crippen LogP contribution in [0.25, 0.3) is 102 Å². The van der Waals surface area contributed by atoms with Crippen LogP contribution in [0.3, 0.4) is 0 Å². The number of H-pyrrole nitrogens is 2. The maximum atomic E-state index is 5.95. The number of benzene rings is 5. The van der Waals surface area contributed by atoms with Crippen molar-refractivity contribution in [2.24, 2.45) is 0 Å². The van der Waals surface area contributed by atoms with Crippen LogP contribution in [-0.4, -0.2) is 34.2 Å². The molecule has 0 atom stereocenters. The highest BCUT2D eigenvalue weighted by Gasteiger charge is 2.20. The van der Waals surface area contributed by atoms with Gasteiger partial charge in [-0.1, -0.05) is 97.1 Å². The van der Waals surface area contributed by atoms with Gasteiger partial charge in [0.25, 0.3) is 0 Å².